The molecule has 0 aliphatic rings. The minimum atomic E-state index is -4.53. The topological polar surface area (TPSA) is 86.8 Å². The number of anilines is 1. The Morgan fingerprint density at radius 1 is 1.39 bits per heavy atom. The van der Waals surface area contributed by atoms with Crippen molar-refractivity contribution in [3.05, 3.63) is 36.5 Å². The molecule has 3 aromatic rings. The van der Waals surface area contributed by atoms with Crippen LogP contribution in [0.5, 0.6) is 0 Å². The van der Waals surface area contributed by atoms with Crippen LogP contribution in [0.15, 0.2) is 30.7 Å². The van der Waals surface area contributed by atoms with E-state index in [1.807, 2.05) is 0 Å². The van der Waals surface area contributed by atoms with Gasteiger partial charge in [-0.25, -0.2) is 19.3 Å². The second-order valence-electron chi connectivity index (χ2n) is 6.17. The lowest BCUT2D eigenvalue weighted by molar-refractivity contribution is -0.158. The van der Waals surface area contributed by atoms with Crippen LogP contribution in [-0.4, -0.2) is 56.6 Å². The van der Waals surface area contributed by atoms with E-state index in [1.54, 1.807) is 24.5 Å². The molecule has 0 saturated heterocycles. The van der Waals surface area contributed by atoms with Gasteiger partial charge in [-0.1, -0.05) is 0 Å². The number of aromatic amines is 1. The summed E-state index contributed by atoms with van der Waals surface area (Å²) in [5.74, 6) is -1.80. The van der Waals surface area contributed by atoms with Crippen molar-refractivity contribution in [1.29, 1.82) is 0 Å². The van der Waals surface area contributed by atoms with Crippen molar-refractivity contribution in [1.82, 2.24) is 24.8 Å². The number of nitrogens with zero attached hydrogens (tertiary/aromatic N) is 4. The van der Waals surface area contributed by atoms with E-state index in [4.69, 9.17) is 0 Å². The van der Waals surface area contributed by atoms with Crippen LogP contribution in [0.3, 0.4) is 0 Å². The highest BCUT2D eigenvalue weighted by Gasteiger charge is 2.32. The molecule has 7 nitrogen and oxygen atoms in total. The quantitative estimate of drug-likeness (QED) is 0.641. The fourth-order valence-corrected chi connectivity index (χ4v) is 2.68. The molecule has 2 N–H and O–H groups in total. The van der Waals surface area contributed by atoms with Gasteiger partial charge in [0.1, 0.15) is 18.2 Å². The second-order valence-corrected chi connectivity index (χ2v) is 6.17. The summed E-state index contributed by atoms with van der Waals surface area (Å²) in [4.78, 5) is 27.7. The second kappa shape index (κ2) is 7.41. The molecule has 28 heavy (non-hydrogen) atoms. The molecular weight excluding hydrogens is 380 g/mol. The number of carbonyl (C=O) groups excluding carboxylic acids is 1. The molecule has 0 fully saturated rings. The number of likely N-dealkylation sites (N-methyl/N-ethyl adjacent to an activating group) is 1. The number of aromatic nitrogens is 4. The lowest BCUT2D eigenvalue weighted by Crippen LogP contribution is -2.43. The average Bonchev–Trinajstić information content (AvgIpc) is 3.05. The van der Waals surface area contributed by atoms with Gasteiger partial charge in [-0.3, -0.25) is 4.79 Å². The molecule has 1 amide bonds. The minimum Gasteiger partial charge on any atom is -0.356 e. The third kappa shape index (κ3) is 4.18. The van der Waals surface area contributed by atoms with Gasteiger partial charge in [-0.05, 0) is 19.1 Å². The number of amides is 1. The Morgan fingerprint density at radius 2 is 2.14 bits per heavy atom. The number of carbonyl (C=O) groups is 1. The zero-order valence-corrected chi connectivity index (χ0v) is 14.9. The number of hydrogen-bond acceptors (Lipinski definition) is 5. The van der Waals surface area contributed by atoms with Crippen molar-refractivity contribution in [2.24, 2.45) is 0 Å². The van der Waals surface area contributed by atoms with Gasteiger partial charge >= 0.3 is 6.18 Å². The maximum atomic E-state index is 14.1. The molecule has 1 atom stereocenters. The molecule has 152 valence electrons. The molecular formula is C17H20F4N6O. The smallest absolute Gasteiger partial charge is 0.356 e. The summed E-state index contributed by atoms with van der Waals surface area (Å²) in [6.07, 6.45) is -0.385. The molecule has 0 unspecified atom stereocenters. The number of hydrogen-bond donors (Lipinski definition) is 2. The van der Waals surface area contributed by atoms with E-state index in [1.165, 1.54) is 6.92 Å². The summed E-state index contributed by atoms with van der Waals surface area (Å²) in [6, 6.07) is 2.38. The van der Waals surface area contributed by atoms with Gasteiger partial charge in [0.05, 0.1) is 6.20 Å². The van der Waals surface area contributed by atoms with Crippen LogP contribution in [0.25, 0.3) is 22.4 Å². The van der Waals surface area contributed by atoms with Gasteiger partial charge in [0.15, 0.2) is 17.5 Å². The first kappa shape index (κ1) is 19.5. The molecule has 11 heteroatoms. The van der Waals surface area contributed by atoms with Crippen molar-refractivity contribution in [2.75, 3.05) is 18.9 Å². The predicted octanol–water partition coefficient (Wildman–Crippen LogP) is 3.47. The summed E-state index contributed by atoms with van der Waals surface area (Å²) in [6.45, 7) is -0.0796. The molecule has 0 aliphatic carbocycles. The van der Waals surface area contributed by atoms with Gasteiger partial charge < -0.3 is 15.2 Å². The lowest BCUT2D eigenvalue weighted by Gasteiger charge is -2.23. The number of rotatable bonds is 5. The van der Waals surface area contributed by atoms with Gasteiger partial charge in [0, 0.05) is 33.2 Å². The van der Waals surface area contributed by atoms with Crippen LogP contribution in [0.1, 0.15) is 9.78 Å². The number of alkyl halides is 3. The average molecular weight is 400 g/mol. The molecule has 0 aromatic carbocycles. The predicted molar refractivity (Wildman–Crippen MR) is 98.1 cm³/mol. The fraction of sp³-hybridized carbons (Fsp3) is 0.294. The summed E-state index contributed by atoms with van der Waals surface area (Å²) in [5, 5.41) is 3.23. The highest BCUT2D eigenvalue weighted by molar-refractivity contribution is 5.91. The Morgan fingerprint density at radius 3 is 2.86 bits per heavy atom. The maximum Gasteiger partial charge on any atom is 0.406 e. The molecule has 0 saturated carbocycles. The molecule has 3 aromatic heterocycles. The zero-order valence-electron chi connectivity index (χ0n) is 14.9. The molecule has 3 rings (SSSR count). The van der Waals surface area contributed by atoms with Gasteiger partial charge in [-0.15, -0.1) is 0 Å². The maximum absolute atomic E-state index is 14.1. The van der Waals surface area contributed by atoms with E-state index >= 15 is 0 Å². The van der Waals surface area contributed by atoms with Gasteiger partial charge in [-0.2, -0.15) is 13.2 Å². The van der Waals surface area contributed by atoms with E-state index in [-0.39, 0.29) is 14.5 Å². The summed E-state index contributed by atoms with van der Waals surface area (Å²) < 4.78 is 51.5. The number of nitrogens with one attached hydrogen (secondary N) is 2. The Labute approximate surface area is 159 Å². The SMILES string of the molecule is C[C@@H](Nc1nc(-c2c[nH]c3ncccc23)ncc1F)C(=O)N(C)CC(F)(F)F.[HH].[HH]. The Kier molecular flexibility index (Phi) is 5.16. The van der Waals surface area contributed by atoms with E-state index < -0.39 is 30.5 Å². The van der Waals surface area contributed by atoms with Crippen molar-refractivity contribution < 1.29 is 25.2 Å². The van der Waals surface area contributed by atoms with Crippen LogP contribution in [0, 0.1) is 5.82 Å². The first-order valence-corrected chi connectivity index (χ1v) is 8.19. The highest BCUT2D eigenvalue weighted by Crippen LogP contribution is 2.26. The van der Waals surface area contributed by atoms with E-state index in [9.17, 15) is 22.4 Å². The third-order valence-electron chi connectivity index (χ3n) is 3.95. The van der Waals surface area contributed by atoms with Gasteiger partial charge in [0.25, 0.3) is 0 Å². The van der Waals surface area contributed by atoms with Crippen molar-refractivity contribution in [3.8, 4) is 11.4 Å². The number of fused-ring (bicyclic) bond motifs is 1. The molecule has 0 radical (unpaired) electrons. The largest absolute Gasteiger partial charge is 0.406 e. The fourth-order valence-electron chi connectivity index (χ4n) is 2.68. The number of H-pyrrole nitrogens is 1. The zero-order chi connectivity index (χ0) is 20.5. The summed E-state index contributed by atoms with van der Waals surface area (Å²) in [7, 11) is 1.02. The van der Waals surface area contributed by atoms with Crippen LogP contribution in [0.2, 0.25) is 0 Å². The van der Waals surface area contributed by atoms with Crippen LogP contribution in [-0.2, 0) is 4.79 Å². The highest BCUT2D eigenvalue weighted by atomic mass is 19.4. The molecule has 0 spiro atoms. The van der Waals surface area contributed by atoms with Crippen molar-refractivity contribution >= 4 is 22.8 Å². The first-order valence-electron chi connectivity index (χ1n) is 8.19. The Hall–Kier alpha value is -3.24. The van der Waals surface area contributed by atoms with Crippen LogP contribution >= 0.6 is 0 Å². The van der Waals surface area contributed by atoms with E-state index in [2.05, 4.69) is 25.3 Å². The van der Waals surface area contributed by atoms with Crippen molar-refractivity contribution in [3.63, 3.8) is 0 Å². The summed E-state index contributed by atoms with van der Waals surface area (Å²) >= 11 is 0. The summed E-state index contributed by atoms with van der Waals surface area (Å²) in [5.41, 5.74) is 1.16. The molecule has 3 heterocycles. The lowest BCUT2D eigenvalue weighted by atomic mass is 10.2. The third-order valence-corrected chi connectivity index (χ3v) is 3.95. The molecule has 0 bridgehead atoms. The van der Waals surface area contributed by atoms with Crippen LogP contribution in [0.4, 0.5) is 23.4 Å². The van der Waals surface area contributed by atoms with E-state index in [0.717, 1.165) is 13.2 Å². The minimum absolute atomic E-state index is 0. The van der Waals surface area contributed by atoms with E-state index in [0.29, 0.717) is 21.5 Å². The standard InChI is InChI=1S/C17H16F4N6O.2H2/c1-9(16(28)27(2)8-17(19,20)21)25-15-12(18)7-24-14(26-15)11-6-23-13-10(11)4-3-5-22-13;;/h3-7,9H,8H2,1-2H3,(H,22,23)(H,24,25,26);2*1H/t9-;;/m1../s1. The van der Waals surface area contributed by atoms with Crippen LogP contribution < -0.4 is 5.32 Å². The number of pyridine rings is 1. The normalized spacial score (nSPS) is 12.8. The Balaban J connectivity index is 0.00000225. The molecule has 0 aliphatic heterocycles. The first-order chi connectivity index (χ1) is 13.2. The number of halogens is 4. The van der Waals surface area contributed by atoms with Gasteiger partial charge in [0.2, 0.25) is 5.91 Å². The van der Waals surface area contributed by atoms with Crippen molar-refractivity contribution in [2.45, 2.75) is 19.1 Å². The monoisotopic (exact) mass is 400 g/mol. The Bertz CT molecular complexity index is 1010.